The van der Waals surface area contributed by atoms with Gasteiger partial charge in [-0.25, -0.2) is 13.8 Å². The third-order valence-electron chi connectivity index (χ3n) is 2.58. The van der Waals surface area contributed by atoms with Gasteiger partial charge in [-0.05, 0) is 45.2 Å². The summed E-state index contributed by atoms with van der Waals surface area (Å²) in [7, 11) is 0. The van der Waals surface area contributed by atoms with Gasteiger partial charge in [-0.3, -0.25) is 0 Å². The molecule has 86 valence electrons. The highest BCUT2D eigenvalue weighted by Gasteiger charge is 2.22. The molecule has 0 amide bonds. The van der Waals surface area contributed by atoms with E-state index >= 15 is 0 Å². The first-order chi connectivity index (χ1) is 7.34. The SMILES string of the molecule is Cc1ccnc(C#CC(C)(C)C(C)F)c1F. The van der Waals surface area contributed by atoms with Crippen LogP contribution in [0.2, 0.25) is 0 Å². The second kappa shape index (κ2) is 4.61. The standard InChI is InChI=1S/C13H15F2N/c1-9-6-8-16-11(12(9)15)5-7-13(3,4)10(2)14/h6,8,10H,1-4H3. The van der Waals surface area contributed by atoms with Crippen molar-refractivity contribution in [2.45, 2.75) is 33.9 Å². The first-order valence-corrected chi connectivity index (χ1v) is 5.13. The fourth-order valence-electron chi connectivity index (χ4n) is 0.947. The lowest BCUT2D eigenvalue weighted by Gasteiger charge is -2.18. The highest BCUT2D eigenvalue weighted by Crippen LogP contribution is 2.22. The van der Waals surface area contributed by atoms with Crippen molar-refractivity contribution in [3.8, 4) is 11.8 Å². The lowest BCUT2D eigenvalue weighted by molar-refractivity contribution is 0.221. The third kappa shape index (κ3) is 2.79. The van der Waals surface area contributed by atoms with Crippen molar-refractivity contribution in [1.29, 1.82) is 0 Å². The zero-order valence-electron chi connectivity index (χ0n) is 9.94. The van der Waals surface area contributed by atoms with Gasteiger partial charge in [0.15, 0.2) is 5.82 Å². The van der Waals surface area contributed by atoms with Crippen molar-refractivity contribution >= 4 is 0 Å². The summed E-state index contributed by atoms with van der Waals surface area (Å²) >= 11 is 0. The fourth-order valence-corrected chi connectivity index (χ4v) is 0.947. The Bertz CT molecular complexity index is 439. The molecule has 3 heteroatoms. The smallest absolute Gasteiger partial charge is 0.160 e. The molecule has 0 aliphatic carbocycles. The minimum absolute atomic E-state index is 0.0775. The zero-order chi connectivity index (χ0) is 12.3. The number of hydrogen-bond acceptors (Lipinski definition) is 1. The summed E-state index contributed by atoms with van der Waals surface area (Å²) < 4.78 is 26.7. The van der Waals surface area contributed by atoms with Crippen LogP contribution >= 0.6 is 0 Å². The van der Waals surface area contributed by atoms with Crippen molar-refractivity contribution in [2.75, 3.05) is 0 Å². The first kappa shape index (κ1) is 12.6. The summed E-state index contributed by atoms with van der Waals surface area (Å²) in [6.45, 7) is 6.44. The maximum atomic E-state index is 13.5. The molecule has 0 bridgehead atoms. The molecule has 0 aliphatic heterocycles. The Morgan fingerprint density at radius 2 is 2.06 bits per heavy atom. The van der Waals surface area contributed by atoms with Gasteiger partial charge < -0.3 is 0 Å². The molecule has 0 saturated carbocycles. The van der Waals surface area contributed by atoms with Crippen LogP contribution in [0.15, 0.2) is 12.3 Å². The molecule has 0 saturated heterocycles. The van der Waals surface area contributed by atoms with E-state index in [1.807, 2.05) is 0 Å². The molecule has 0 aromatic carbocycles. The quantitative estimate of drug-likeness (QED) is 0.666. The Labute approximate surface area is 94.9 Å². The van der Waals surface area contributed by atoms with Crippen LogP contribution in [0.4, 0.5) is 8.78 Å². The van der Waals surface area contributed by atoms with Gasteiger partial charge in [0.25, 0.3) is 0 Å². The number of pyridine rings is 1. The van der Waals surface area contributed by atoms with E-state index in [1.165, 1.54) is 13.1 Å². The Morgan fingerprint density at radius 3 is 2.62 bits per heavy atom. The van der Waals surface area contributed by atoms with E-state index < -0.39 is 17.4 Å². The molecule has 1 aromatic heterocycles. The molecule has 0 N–H and O–H groups in total. The van der Waals surface area contributed by atoms with Gasteiger partial charge in [0.05, 0.1) is 5.41 Å². The van der Waals surface area contributed by atoms with Crippen molar-refractivity contribution in [2.24, 2.45) is 5.41 Å². The predicted molar refractivity (Wildman–Crippen MR) is 60.2 cm³/mol. The monoisotopic (exact) mass is 223 g/mol. The van der Waals surface area contributed by atoms with E-state index in [-0.39, 0.29) is 5.69 Å². The summed E-state index contributed by atoms with van der Waals surface area (Å²) in [6.07, 6.45) is 0.418. The van der Waals surface area contributed by atoms with Crippen LogP contribution in [0.5, 0.6) is 0 Å². The van der Waals surface area contributed by atoms with Gasteiger partial charge >= 0.3 is 0 Å². The molecule has 16 heavy (non-hydrogen) atoms. The molecule has 1 nitrogen and oxygen atoms in total. The van der Waals surface area contributed by atoms with Crippen LogP contribution in [0.1, 0.15) is 32.0 Å². The van der Waals surface area contributed by atoms with Crippen molar-refractivity contribution in [3.05, 3.63) is 29.3 Å². The van der Waals surface area contributed by atoms with Gasteiger partial charge in [0, 0.05) is 6.20 Å². The van der Waals surface area contributed by atoms with E-state index in [2.05, 4.69) is 16.8 Å². The molecule has 0 radical (unpaired) electrons. The Kier molecular flexibility index (Phi) is 3.64. The minimum Gasteiger partial charge on any atom is -0.246 e. The molecule has 1 unspecified atom stereocenters. The molecule has 0 fully saturated rings. The summed E-state index contributed by atoms with van der Waals surface area (Å²) in [6, 6.07) is 1.57. The van der Waals surface area contributed by atoms with Gasteiger partial charge in [0.2, 0.25) is 0 Å². The summed E-state index contributed by atoms with van der Waals surface area (Å²) in [5.74, 6) is 4.88. The van der Waals surface area contributed by atoms with E-state index in [0.29, 0.717) is 5.56 Å². The van der Waals surface area contributed by atoms with Gasteiger partial charge in [-0.1, -0.05) is 5.92 Å². The van der Waals surface area contributed by atoms with Gasteiger partial charge in [-0.2, -0.15) is 0 Å². The topological polar surface area (TPSA) is 12.9 Å². The summed E-state index contributed by atoms with van der Waals surface area (Å²) in [4.78, 5) is 3.83. The maximum absolute atomic E-state index is 13.5. The van der Waals surface area contributed by atoms with Crippen molar-refractivity contribution in [3.63, 3.8) is 0 Å². The van der Waals surface area contributed by atoms with Crippen molar-refractivity contribution < 1.29 is 8.78 Å². The first-order valence-electron chi connectivity index (χ1n) is 5.13. The van der Waals surface area contributed by atoms with Crippen LogP contribution in [-0.2, 0) is 0 Å². The third-order valence-corrected chi connectivity index (χ3v) is 2.58. The van der Waals surface area contributed by atoms with Crippen LogP contribution in [0, 0.1) is 30.0 Å². The highest BCUT2D eigenvalue weighted by molar-refractivity contribution is 5.33. The number of aromatic nitrogens is 1. The lowest BCUT2D eigenvalue weighted by Crippen LogP contribution is -2.20. The highest BCUT2D eigenvalue weighted by atomic mass is 19.1. The molecular weight excluding hydrogens is 208 g/mol. The van der Waals surface area contributed by atoms with Gasteiger partial charge in [-0.15, -0.1) is 0 Å². The fraction of sp³-hybridized carbons (Fsp3) is 0.462. The number of nitrogens with zero attached hydrogens (tertiary/aromatic N) is 1. The Balaban J connectivity index is 3.06. The maximum Gasteiger partial charge on any atom is 0.160 e. The van der Waals surface area contributed by atoms with Crippen LogP contribution < -0.4 is 0 Å². The Hall–Kier alpha value is -1.43. The molecular formula is C13H15F2N. The second-order valence-corrected chi connectivity index (χ2v) is 4.38. The average Bonchev–Trinajstić information content (AvgIpc) is 2.20. The largest absolute Gasteiger partial charge is 0.246 e. The molecule has 1 atom stereocenters. The summed E-state index contributed by atoms with van der Waals surface area (Å²) in [5.41, 5.74) is -0.225. The number of hydrogen-bond donors (Lipinski definition) is 0. The zero-order valence-corrected chi connectivity index (χ0v) is 9.94. The average molecular weight is 223 g/mol. The lowest BCUT2D eigenvalue weighted by atomic mass is 9.89. The minimum atomic E-state index is -1.08. The number of rotatable bonds is 1. The molecule has 0 aliphatic rings. The number of aryl methyl sites for hydroxylation is 1. The molecule has 1 aromatic rings. The summed E-state index contributed by atoms with van der Waals surface area (Å²) in [5, 5.41) is 0. The van der Waals surface area contributed by atoms with Crippen LogP contribution in [-0.4, -0.2) is 11.2 Å². The molecule has 1 heterocycles. The van der Waals surface area contributed by atoms with E-state index in [0.717, 1.165) is 0 Å². The van der Waals surface area contributed by atoms with E-state index in [1.54, 1.807) is 26.8 Å². The number of alkyl halides is 1. The normalized spacial score (nSPS) is 12.9. The molecule has 1 rings (SSSR count). The molecule has 0 spiro atoms. The van der Waals surface area contributed by atoms with E-state index in [4.69, 9.17) is 0 Å². The van der Waals surface area contributed by atoms with Crippen LogP contribution in [0.25, 0.3) is 0 Å². The number of halogens is 2. The van der Waals surface area contributed by atoms with Crippen molar-refractivity contribution in [1.82, 2.24) is 4.98 Å². The Morgan fingerprint density at radius 1 is 1.44 bits per heavy atom. The van der Waals surface area contributed by atoms with E-state index in [9.17, 15) is 8.78 Å². The second-order valence-electron chi connectivity index (χ2n) is 4.38. The van der Waals surface area contributed by atoms with Gasteiger partial charge in [0.1, 0.15) is 11.9 Å². The predicted octanol–water partition coefficient (Wildman–Crippen LogP) is 3.26. The van der Waals surface area contributed by atoms with Crippen LogP contribution in [0.3, 0.4) is 0 Å².